The number of ether oxygens (including phenoxy) is 1. The number of aryl methyl sites for hydroxylation is 1. The van der Waals surface area contributed by atoms with Crippen LogP contribution >= 0.6 is 11.8 Å². The van der Waals surface area contributed by atoms with E-state index >= 15 is 0 Å². The molecule has 0 radical (unpaired) electrons. The molecule has 0 aliphatic heterocycles. The standard InChI is InChI=1S/C15H17BO3S/c1-11-5-3-4-6-15(11)20-10-12-9-13(16(17)18)7-8-14(12)19-2/h3-9,17-18H,10H2,1-2H3. The van der Waals surface area contributed by atoms with Crippen LogP contribution in [-0.2, 0) is 5.75 Å². The van der Waals surface area contributed by atoms with E-state index in [0.717, 1.165) is 11.3 Å². The van der Waals surface area contributed by atoms with Gasteiger partial charge in [0, 0.05) is 16.2 Å². The van der Waals surface area contributed by atoms with E-state index in [1.807, 2.05) is 12.1 Å². The van der Waals surface area contributed by atoms with Gasteiger partial charge in [0.1, 0.15) is 5.75 Å². The van der Waals surface area contributed by atoms with Gasteiger partial charge in [-0.2, -0.15) is 0 Å². The maximum absolute atomic E-state index is 9.25. The second-order valence-corrected chi connectivity index (χ2v) is 5.52. The first-order valence-electron chi connectivity index (χ1n) is 6.33. The van der Waals surface area contributed by atoms with Crippen LogP contribution in [0.5, 0.6) is 5.75 Å². The number of thioether (sulfide) groups is 1. The molecule has 0 heterocycles. The summed E-state index contributed by atoms with van der Waals surface area (Å²) >= 11 is 1.71. The summed E-state index contributed by atoms with van der Waals surface area (Å²) in [6, 6.07) is 13.4. The molecule has 0 saturated heterocycles. The first-order valence-corrected chi connectivity index (χ1v) is 7.31. The van der Waals surface area contributed by atoms with E-state index in [1.54, 1.807) is 37.1 Å². The quantitative estimate of drug-likeness (QED) is 0.652. The third-order valence-electron chi connectivity index (χ3n) is 3.08. The molecule has 0 aliphatic carbocycles. The van der Waals surface area contributed by atoms with Crippen LogP contribution < -0.4 is 10.2 Å². The van der Waals surface area contributed by atoms with E-state index in [4.69, 9.17) is 4.74 Å². The molecular weight excluding hydrogens is 271 g/mol. The van der Waals surface area contributed by atoms with E-state index in [9.17, 15) is 10.0 Å². The Hall–Kier alpha value is -1.43. The Bertz CT molecular complexity index is 587. The Kier molecular flexibility index (Phi) is 5.12. The van der Waals surface area contributed by atoms with Crippen molar-refractivity contribution in [3.8, 4) is 5.75 Å². The molecule has 3 nitrogen and oxygen atoms in total. The third-order valence-corrected chi connectivity index (χ3v) is 4.30. The third kappa shape index (κ3) is 3.57. The van der Waals surface area contributed by atoms with E-state index in [1.165, 1.54) is 10.5 Å². The van der Waals surface area contributed by atoms with E-state index in [0.29, 0.717) is 11.2 Å². The summed E-state index contributed by atoms with van der Waals surface area (Å²) in [5, 5.41) is 18.5. The molecule has 0 aromatic heterocycles. The van der Waals surface area contributed by atoms with Crippen LogP contribution in [0.4, 0.5) is 0 Å². The smallest absolute Gasteiger partial charge is 0.488 e. The molecule has 0 aliphatic rings. The first kappa shape index (κ1) is 15.0. The zero-order valence-corrected chi connectivity index (χ0v) is 12.4. The second kappa shape index (κ2) is 6.84. The molecule has 0 amide bonds. The van der Waals surface area contributed by atoms with Gasteiger partial charge in [0.05, 0.1) is 7.11 Å². The highest BCUT2D eigenvalue weighted by atomic mass is 32.2. The summed E-state index contributed by atoms with van der Waals surface area (Å²) < 4.78 is 5.32. The molecule has 2 N–H and O–H groups in total. The maximum Gasteiger partial charge on any atom is 0.488 e. The summed E-state index contributed by atoms with van der Waals surface area (Å²) in [5.41, 5.74) is 2.66. The van der Waals surface area contributed by atoms with Crippen molar-refractivity contribution in [2.75, 3.05) is 7.11 Å². The number of methoxy groups -OCH3 is 1. The van der Waals surface area contributed by atoms with Crippen molar-refractivity contribution >= 4 is 24.3 Å². The highest BCUT2D eigenvalue weighted by molar-refractivity contribution is 7.98. The lowest BCUT2D eigenvalue weighted by Gasteiger charge is -2.11. The summed E-state index contributed by atoms with van der Waals surface area (Å²) in [4.78, 5) is 1.21. The Morgan fingerprint density at radius 2 is 1.90 bits per heavy atom. The van der Waals surface area contributed by atoms with Crippen molar-refractivity contribution in [1.82, 2.24) is 0 Å². The van der Waals surface area contributed by atoms with Crippen LogP contribution in [0.15, 0.2) is 47.4 Å². The predicted molar refractivity (Wildman–Crippen MR) is 83.6 cm³/mol. The van der Waals surface area contributed by atoms with Crippen molar-refractivity contribution < 1.29 is 14.8 Å². The van der Waals surface area contributed by atoms with Gasteiger partial charge in [0.2, 0.25) is 0 Å². The Morgan fingerprint density at radius 3 is 2.55 bits per heavy atom. The highest BCUT2D eigenvalue weighted by Crippen LogP contribution is 2.29. The fourth-order valence-electron chi connectivity index (χ4n) is 1.95. The summed E-state index contributed by atoms with van der Waals surface area (Å²) in [7, 11) is 0.162. The molecule has 0 unspecified atom stereocenters. The van der Waals surface area contributed by atoms with Crippen molar-refractivity contribution in [2.24, 2.45) is 0 Å². The van der Waals surface area contributed by atoms with E-state index in [2.05, 4.69) is 19.1 Å². The van der Waals surface area contributed by atoms with Crippen LogP contribution in [0.25, 0.3) is 0 Å². The molecule has 2 aromatic rings. The molecule has 104 valence electrons. The van der Waals surface area contributed by atoms with Crippen molar-refractivity contribution in [3.63, 3.8) is 0 Å². The van der Waals surface area contributed by atoms with Crippen LogP contribution in [-0.4, -0.2) is 24.3 Å². The van der Waals surface area contributed by atoms with Crippen LogP contribution in [0.3, 0.4) is 0 Å². The topological polar surface area (TPSA) is 49.7 Å². The number of benzene rings is 2. The fourth-order valence-corrected chi connectivity index (χ4v) is 2.95. The van der Waals surface area contributed by atoms with Gasteiger partial charge < -0.3 is 14.8 Å². The number of rotatable bonds is 5. The van der Waals surface area contributed by atoms with E-state index in [-0.39, 0.29) is 0 Å². The van der Waals surface area contributed by atoms with Gasteiger partial charge in [0.15, 0.2) is 0 Å². The van der Waals surface area contributed by atoms with Crippen molar-refractivity contribution in [1.29, 1.82) is 0 Å². The molecule has 0 atom stereocenters. The average Bonchev–Trinajstić information content (AvgIpc) is 2.46. The molecule has 20 heavy (non-hydrogen) atoms. The minimum Gasteiger partial charge on any atom is -0.496 e. The lowest BCUT2D eigenvalue weighted by atomic mass is 9.79. The molecule has 0 bridgehead atoms. The molecular formula is C15H17BO3S. The van der Waals surface area contributed by atoms with Crippen molar-refractivity contribution in [2.45, 2.75) is 17.6 Å². The van der Waals surface area contributed by atoms with Gasteiger partial charge in [-0.25, -0.2) is 0 Å². The van der Waals surface area contributed by atoms with Crippen LogP contribution in [0.1, 0.15) is 11.1 Å². The minimum atomic E-state index is -1.46. The van der Waals surface area contributed by atoms with Gasteiger partial charge in [-0.1, -0.05) is 30.3 Å². The summed E-state index contributed by atoms with van der Waals surface area (Å²) in [5.74, 6) is 1.48. The van der Waals surface area contributed by atoms with Crippen LogP contribution in [0, 0.1) is 6.92 Å². The number of hydrogen-bond acceptors (Lipinski definition) is 4. The zero-order chi connectivity index (χ0) is 14.5. The maximum atomic E-state index is 9.25. The Morgan fingerprint density at radius 1 is 1.15 bits per heavy atom. The second-order valence-electron chi connectivity index (χ2n) is 4.50. The SMILES string of the molecule is COc1ccc(B(O)O)cc1CSc1ccccc1C. The number of hydrogen-bond donors (Lipinski definition) is 2. The first-order chi connectivity index (χ1) is 9.61. The fraction of sp³-hybridized carbons (Fsp3) is 0.200. The monoisotopic (exact) mass is 288 g/mol. The Labute approximate surface area is 123 Å². The predicted octanol–water partition coefficient (Wildman–Crippen LogP) is 1.98. The summed E-state index contributed by atoms with van der Waals surface area (Å²) in [6.07, 6.45) is 0. The molecule has 0 fully saturated rings. The Balaban J connectivity index is 2.19. The molecule has 5 heteroatoms. The lowest BCUT2D eigenvalue weighted by molar-refractivity contribution is 0.410. The van der Waals surface area contributed by atoms with Crippen LogP contribution in [0.2, 0.25) is 0 Å². The van der Waals surface area contributed by atoms with Gasteiger partial charge in [-0.3, -0.25) is 0 Å². The molecule has 0 saturated carbocycles. The average molecular weight is 288 g/mol. The zero-order valence-electron chi connectivity index (χ0n) is 11.5. The molecule has 2 rings (SSSR count). The lowest BCUT2D eigenvalue weighted by Crippen LogP contribution is -2.30. The van der Waals surface area contributed by atoms with Crippen molar-refractivity contribution in [3.05, 3.63) is 53.6 Å². The van der Waals surface area contributed by atoms with E-state index < -0.39 is 7.12 Å². The summed E-state index contributed by atoms with van der Waals surface area (Å²) in [6.45, 7) is 2.08. The molecule has 0 spiro atoms. The van der Waals surface area contributed by atoms with Gasteiger partial charge >= 0.3 is 7.12 Å². The highest BCUT2D eigenvalue weighted by Gasteiger charge is 2.14. The normalized spacial score (nSPS) is 10.4. The van der Waals surface area contributed by atoms with Gasteiger partial charge in [-0.15, -0.1) is 11.8 Å². The largest absolute Gasteiger partial charge is 0.496 e. The van der Waals surface area contributed by atoms with Gasteiger partial charge in [-0.05, 0) is 30.1 Å². The van der Waals surface area contributed by atoms with Gasteiger partial charge in [0.25, 0.3) is 0 Å². The minimum absolute atomic E-state index is 0.478. The molecule has 2 aromatic carbocycles.